The highest BCUT2D eigenvalue weighted by molar-refractivity contribution is 5.67. The summed E-state index contributed by atoms with van der Waals surface area (Å²) in [6.07, 6.45) is -0.435. The lowest BCUT2D eigenvalue weighted by atomic mass is 10.2. The summed E-state index contributed by atoms with van der Waals surface area (Å²) in [5, 5.41) is 2.71. The first kappa shape index (κ1) is 16.7. The maximum absolute atomic E-state index is 11.6. The Hall–Kier alpha value is -2.69. The third kappa shape index (κ3) is 5.54. The van der Waals surface area contributed by atoms with Gasteiger partial charge in [0.05, 0.1) is 5.69 Å². The number of anilines is 1. The summed E-state index contributed by atoms with van der Waals surface area (Å²) in [6.45, 7) is 5.87. The molecule has 5 heteroatoms. The van der Waals surface area contributed by atoms with Gasteiger partial charge >= 0.3 is 6.09 Å². The molecular weight excluding hydrogens is 292 g/mol. The van der Waals surface area contributed by atoms with Gasteiger partial charge in [-0.15, -0.1) is 0 Å². The lowest BCUT2D eigenvalue weighted by molar-refractivity contribution is 0.0523. The number of carbonyl (C=O) groups is 1. The lowest BCUT2D eigenvalue weighted by Gasteiger charge is -2.19. The number of hydrogen-bond acceptors (Lipinski definition) is 4. The van der Waals surface area contributed by atoms with E-state index in [4.69, 9.17) is 15.2 Å². The van der Waals surface area contributed by atoms with E-state index in [2.05, 4.69) is 5.32 Å². The fourth-order valence-electron chi connectivity index (χ4n) is 1.86. The second kappa shape index (κ2) is 7.05. The van der Waals surface area contributed by atoms with E-state index < -0.39 is 11.7 Å². The molecule has 122 valence electrons. The van der Waals surface area contributed by atoms with Gasteiger partial charge < -0.3 is 20.5 Å². The van der Waals surface area contributed by atoms with Crippen molar-refractivity contribution in [3.05, 3.63) is 54.1 Å². The van der Waals surface area contributed by atoms with Crippen LogP contribution in [0.15, 0.2) is 48.5 Å². The average molecular weight is 314 g/mol. The monoisotopic (exact) mass is 314 g/mol. The van der Waals surface area contributed by atoms with Crippen molar-refractivity contribution in [2.75, 3.05) is 5.73 Å². The fraction of sp³-hybridized carbons (Fsp3) is 0.278. The number of nitrogen functional groups attached to an aromatic ring is 1. The SMILES string of the molecule is CC(C)(C)OC(=O)NCc1ccc(Oc2ccccc2N)cc1. The van der Waals surface area contributed by atoms with Crippen LogP contribution in [0.25, 0.3) is 0 Å². The van der Waals surface area contributed by atoms with Gasteiger partial charge in [0.15, 0.2) is 0 Å². The van der Waals surface area contributed by atoms with Crippen LogP contribution in [-0.4, -0.2) is 11.7 Å². The zero-order valence-electron chi connectivity index (χ0n) is 13.6. The summed E-state index contributed by atoms with van der Waals surface area (Å²) in [4.78, 5) is 11.6. The van der Waals surface area contributed by atoms with E-state index >= 15 is 0 Å². The molecule has 0 aromatic heterocycles. The normalized spacial score (nSPS) is 10.9. The van der Waals surface area contributed by atoms with Crippen molar-refractivity contribution < 1.29 is 14.3 Å². The van der Waals surface area contributed by atoms with Gasteiger partial charge in [-0.25, -0.2) is 4.79 Å². The molecule has 0 saturated heterocycles. The maximum atomic E-state index is 11.6. The second-order valence-electron chi connectivity index (χ2n) is 6.14. The number of benzene rings is 2. The molecule has 2 rings (SSSR count). The highest BCUT2D eigenvalue weighted by Gasteiger charge is 2.15. The average Bonchev–Trinajstić information content (AvgIpc) is 2.47. The van der Waals surface area contributed by atoms with Gasteiger partial charge in [-0.3, -0.25) is 0 Å². The third-order valence-electron chi connectivity index (χ3n) is 2.91. The molecule has 0 aliphatic rings. The summed E-state index contributed by atoms with van der Waals surface area (Å²) in [6, 6.07) is 14.7. The van der Waals surface area contributed by atoms with Crippen LogP contribution in [-0.2, 0) is 11.3 Å². The summed E-state index contributed by atoms with van der Waals surface area (Å²) in [7, 11) is 0. The van der Waals surface area contributed by atoms with Gasteiger partial charge in [0, 0.05) is 6.54 Å². The first-order chi connectivity index (χ1) is 10.8. The number of hydrogen-bond donors (Lipinski definition) is 2. The van der Waals surface area contributed by atoms with Crippen LogP contribution in [0.5, 0.6) is 11.5 Å². The Balaban J connectivity index is 1.90. The lowest BCUT2D eigenvalue weighted by Crippen LogP contribution is -2.32. The van der Waals surface area contributed by atoms with Gasteiger partial charge in [0.2, 0.25) is 0 Å². The van der Waals surface area contributed by atoms with Crippen LogP contribution >= 0.6 is 0 Å². The van der Waals surface area contributed by atoms with Crippen molar-refractivity contribution >= 4 is 11.8 Å². The number of ether oxygens (including phenoxy) is 2. The Morgan fingerprint density at radius 1 is 1.09 bits per heavy atom. The van der Waals surface area contributed by atoms with Crippen LogP contribution in [0, 0.1) is 0 Å². The van der Waals surface area contributed by atoms with Crippen molar-refractivity contribution in [2.24, 2.45) is 0 Å². The standard InChI is InChI=1S/C18H22N2O3/c1-18(2,3)23-17(21)20-12-13-8-10-14(11-9-13)22-16-7-5-4-6-15(16)19/h4-11H,12,19H2,1-3H3,(H,20,21). The molecule has 0 aliphatic carbocycles. The van der Waals surface area contributed by atoms with E-state index in [-0.39, 0.29) is 0 Å². The van der Waals surface area contributed by atoms with Crippen molar-refractivity contribution in [1.82, 2.24) is 5.32 Å². The van der Waals surface area contributed by atoms with E-state index in [1.54, 1.807) is 6.07 Å². The first-order valence-corrected chi connectivity index (χ1v) is 7.42. The smallest absolute Gasteiger partial charge is 0.407 e. The molecule has 0 unspecified atom stereocenters. The number of nitrogens with two attached hydrogens (primary N) is 1. The third-order valence-corrected chi connectivity index (χ3v) is 2.91. The predicted octanol–water partition coefficient (Wildman–Crippen LogP) is 4.09. The zero-order chi connectivity index (χ0) is 16.9. The topological polar surface area (TPSA) is 73.6 Å². The summed E-state index contributed by atoms with van der Waals surface area (Å²) in [5.41, 5.74) is 6.88. The molecule has 0 atom stereocenters. The summed E-state index contributed by atoms with van der Waals surface area (Å²) < 4.78 is 10.9. The Morgan fingerprint density at radius 2 is 1.74 bits per heavy atom. The molecule has 0 bridgehead atoms. The largest absolute Gasteiger partial charge is 0.455 e. The minimum atomic E-state index is -0.503. The van der Waals surface area contributed by atoms with E-state index in [0.717, 1.165) is 5.56 Å². The number of carbonyl (C=O) groups excluding carboxylic acids is 1. The molecule has 0 saturated carbocycles. The Morgan fingerprint density at radius 3 is 2.35 bits per heavy atom. The molecule has 2 aromatic rings. The molecule has 0 radical (unpaired) electrons. The van der Waals surface area contributed by atoms with Crippen LogP contribution in [0.1, 0.15) is 26.3 Å². The Labute approximate surface area is 136 Å². The molecule has 3 N–H and O–H groups in total. The minimum Gasteiger partial charge on any atom is -0.455 e. The minimum absolute atomic E-state index is 0.392. The highest BCUT2D eigenvalue weighted by atomic mass is 16.6. The van der Waals surface area contributed by atoms with Gasteiger partial charge in [-0.2, -0.15) is 0 Å². The van der Waals surface area contributed by atoms with E-state index in [1.165, 1.54) is 0 Å². The fourth-order valence-corrected chi connectivity index (χ4v) is 1.86. The summed E-state index contributed by atoms with van der Waals surface area (Å²) in [5.74, 6) is 1.30. The Bertz CT molecular complexity index is 661. The molecule has 0 spiro atoms. The van der Waals surface area contributed by atoms with E-state index in [0.29, 0.717) is 23.7 Å². The molecular formula is C18H22N2O3. The second-order valence-corrected chi connectivity index (χ2v) is 6.14. The number of rotatable bonds is 4. The first-order valence-electron chi connectivity index (χ1n) is 7.42. The molecule has 0 aliphatic heterocycles. The van der Waals surface area contributed by atoms with Gasteiger partial charge in [-0.1, -0.05) is 24.3 Å². The Kier molecular flexibility index (Phi) is 5.11. The van der Waals surface area contributed by atoms with Crippen molar-refractivity contribution in [3.8, 4) is 11.5 Å². The van der Waals surface area contributed by atoms with Gasteiger partial charge in [-0.05, 0) is 50.6 Å². The number of nitrogens with one attached hydrogen (secondary N) is 1. The zero-order valence-corrected chi connectivity index (χ0v) is 13.6. The molecule has 0 heterocycles. The maximum Gasteiger partial charge on any atom is 0.407 e. The van der Waals surface area contributed by atoms with Crippen molar-refractivity contribution in [3.63, 3.8) is 0 Å². The van der Waals surface area contributed by atoms with E-state index in [1.807, 2.05) is 63.2 Å². The van der Waals surface area contributed by atoms with Crippen LogP contribution in [0.2, 0.25) is 0 Å². The quantitative estimate of drug-likeness (QED) is 0.834. The molecule has 2 aromatic carbocycles. The number of alkyl carbamates (subject to hydrolysis) is 1. The van der Waals surface area contributed by atoms with Crippen LogP contribution in [0.4, 0.5) is 10.5 Å². The molecule has 0 fully saturated rings. The number of para-hydroxylation sites is 2. The van der Waals surface area contributed by atoms with Crippen LogP contribution < -0.4 is 15.8 Å². The highest BCUT2D eigenvalue weighted by Crippen LogP contribution is 2.26. The van der Waals surface area contributed by atoms with Gasteiger partial charge in [0.1, 0.15) is 17.1 Å². The van der Waals surface area contributed by atoms with E-state index in [9.17, 15) is 4.79 Å². The number of amides is 1. The molecule has 5 nitrogen and oxygen atoms in total. The van der Waals surface area contributed by atoms with Crippen LogP contribution in [0.3, 0.4) is 0 Å². The van der Waals surface area contributed by atoms with Gasteiger partial charge in [0.25, 0.3) is 0 Å². The molecule has 23 heavy (non-hydrogen) atoms. The molecule has 1 amide bonds. The van der Waals surface area contributed by atoms with Crippen molar-refractivity contribution in [1.29, 1.82) is 0 Å². The van der Waals surface area contributed by atoms with Crippen molar-refractivity contribution in [2.45, 2.75) is 32.9 Å². The summed E-state index contributed by atoms with van der Waals surface area (Å²) >= 11 is 0. The predicted molar refractivity (Wildman–Crippen MR) is 90.4 cm³/mol.